The maximum absolute atomic E-state index is 11.7. The summed E-state index contributed by atoms with van der Waals surface area (Å²) in [7, 11) is 0. The largest absolute Gasteiger partial charge is 0.370 e. The van der Waals surface area contributed by atoms with Crippen molar-refractivity contribution in [1.29, 1.82) is 0 Å². The molecule has 5 N–H and O–H groups in total. The average Bonchev–Trinajstić information content (AvgIpc) is 2.27. The number of nitrogens with one attached hydrogen (secondary N) is 1. The van der Waals surface area contributed by atoms with Gasteiger partial charge >= 0.3 is 0 Å². The molecular weight excluding hydrogens is 298 g/mol. The van der Waals surface area contributed by atoms with E-state index >= 15 is 0 Å². The summed E-state index contributed by atoms with van der Waals surface area (Å²) in [5.41, 5.74) is 11.5. The van der Waals surface area contributed by atoms with Crippen molar-refractivity contribution in [3.8, 4) is 0 Å². The molecule has 0 aliphatic rings. The summed E-state index contributed by atoms with van der Waals surface area (Å²) in [5, 5.41) is 2.74. The van der Waals surface area contributed by atoms with E-state index < -0.39 is 11.9 Å². The molecule has 0 aromatic heterocycles. The number of primary amides is 1. The molecule has 5 nitrogen and oxygen atoms in total. The summed E-state index contributed by atoms with van der Waals surface area (Å²) in [5.74, 6) is -0.978. The van der Waals surface area contributed by atoms with Gasteiger partial charge in [-0.15, -0.1) is 0 Å². The van der Waals surface area contributed by atoms with Crippen molar-refractivity contribution >= 4 is 27.7 Å². The standard InChI is InChI=1S/C12H16BrN3O2/c1-7(8-3-2-4-9(13)5-8)16-12(18)10(14)6-11(15)17/h2-5,7,10H,6,14H2,1H3,(H2,15,17)(H,16,18)/t7-,10?/m0/s1. The monoisotopic (exact) mass is 313 g/mol. The van der Waals surface area contributed by atoms with Gasteiger partial charge in [0.1, 0.15) is 0 Å². The minimum Gasteiger partial charge on any atom is -0.370 e. The molecule has 0 bridgehead atoms. The Morgan fingerprint density at radius 1 is 1.44 bits per heavy atom. The highest BCUT2D eigenvalue weighted by Gasteiger charge is 2.18. The van der Waals surface area contributed by atoms with Gasteiger partial charge in [-0.3, -0.25) is 9.59 Å². The van der Waals surface area contributed by atoms with E-state index in [0.29, 0.717) is 0 Å². The predicted molar refractivity (Wildman–Crippen MR) is 72.5 cm³/mol. The first-order chi connectivity index (χ1) is 8.40. The number of halogens is 1. The van der Waals surface area contributed by atoms with E-state index in [9.17, 15) is 9.59 Å². The van der Waals surface area contributed by atoms with Gasteiger partial charge in [0.05, 0.1) is 18.5 Å². The molecule has 1 unspecified atom stereocenters. The van der Waals surface area contributed by atoms with Crippen molar-refractivity contribution in [2.24, 2.45) is 11.5 Å². The van der Waals surface area contributed by atoms with Crippen LogP contribution in [0.4, 0.5) is 0 Å². The summed E-state index contributed by atoms with van der Waals surface area (Å²) >= 11 is 3.36. The molecule has 18 heavy (non-hydrogen) atoms. The van der Waals surface area contributed by atoms with Gasteiger partial charge in [-0.2, -0.15) is 0 Å². The van der Waals surface area contributed by atoms with Crippen molar-refractivity contribution in [3.05, 3.63) is 34.3 Å². The Bertz CT molecular complexity index is 451. The Morgan fingerprint density at radius 2 is 2.11 bits per heavy atom. The van der Waals surface area contributed by atoms with Crippen LogP contribution in [0.2, 0.25) is 0 Å². The number of amides is 2. The van der Waals surface area contributed by atoms with Gasteiger partial charge < -0.3 is 16.8 Å². The van der Waals surface area contributed by atoms with Crippen molar-refractivity contribution in [1.82, 2.24) is 5.32 Å². The highest BCUT2D eigenvalue weighted by molar-refractivity contribution is 9.10. The van der Waals surface area contributed by atoms with E-state index in [0.717, 1.165) is 10.0 Å². The van der Waals surface area contributed by atoms with E-state index in [1.807, 2.05) is 31.2 Å². The third-order valence-corrected chi connectivity index (χ3v) is 2.96. The topological polar surface area (TPSA) is 98.2 Å². The highest BCUT2D eigenvalue weighted by Crippen LogP contribution is 2.17. The average molecular weight is 314 g/mol. The SMILES string of the molecule is C[C@H](NC(=O)C(N)CC(N)=O)c1cccc(Br)c1. The van der Waals surface area contributed by atoms with Crippen LogP contribution in [0.1, 0.15) is 24.9 Å². The predicted octanol–water partition coefficient (Wildman–Crippen LogP) is 0.829. The lowest BCUT2D eigenvalue weighted by molar-refractivity contribution is -0.126. The number of carbonyl (C=O) groups is 2. The van der Waals surface area contributed by atoms with Gasteiger partial charge in [-0.05, 0) is 24.6 Å². The lowest BCUT2D eigenvalue weighted by Gasteiger charge is -2.17. The molecule has 0 saturated heterocycles. The van der Waals surface area contributed by atoms with Gasteiger partial charge in [0.25, 0.3) is 0 Å². The number of benzene rings is 1. The van der Waals surface area contributed by atoms with Crippen LogP contribution in [0, 0.1) is 0 Å². The van der Waals surface area contributed by atoms with E-state index in [2.05, 4.69) is 21.2 Å². The van der Waals surface area contributed by atoms with Crippen LogP contribution in [-0.4, -0.2) is 17.9 Å². The van der Waals surface area contributed by atoms with E-state index in [1.165, 1.54) is 0 Å². The molecule has 0 spiro atoms. The smallest absolute Gasteiger partial charge is 0.237 e. The van der Waals surface area contributed by atoms with Gasteiger partial charge in [-0.1, -0.05) is 28.1 Å². The zero-order valence-electron chi connectivity index (χ0n) is 10.0. The zero-order chi connectivity index (χ0) is 13.7. The van der Waals surface area contributed by atoms with Crippen molar-refractivity contribution in [2.75, 3.05) is 0 Å². The number of hydrogen-bond acceptors (Lipinski definition) is 3. The van der Waals surface area contributed by atoms with E-state index in [-0.39, 0.29) is 18.4 Å². The molecule has 2 atom stereocenters. The molecule has 0 aliphatic carbocycles. The first-order valence-corrected chi connectivity index (χ1v) is 6.29. The van der Waals surface area contributed by atoms with Crippen molar-refractivity contribution in [2.45, 2.75) is 25.4 Å². The fraction of sp³-hybridized carbons (Fsp3) is 0.333. The third-order valence-electron chi connectivity index (χ3n) is 2.47. The Hall–Kier alpha value is -1.40. The van der Waals surface area contributed by atoms with Gasteiger partial charge in [-0.25, -0.2) is 0 Å². The second-order valence-corrected chi connectivity index (χ2v) is 4.98. The molecule has 6 heteroatoms. The summed E-state index contributed by atoms with van der Waals surface area (Å²) in [6.07, 6.45) is -0.156. The molecule has 0 saturated carbocycles. The van der Waals surface area contributed by atoms with Crippen LogP contribution >= 0.6 is 15.9 Å². The van der Waals surface area contributed by atoms with Gasteiger partial charge in [0, 0.05) is 4.47 Å². The molecule has 1 aromatic rings. The zero-order valence-corrected chi connectivity index (χ0v) is 11.6. The lowest BCUT2D eigenvalue weighted by Crippen LogP contribution is -2.43. The fourth-order valence-electron chi connectivity index (χ4n) is 1.49. The quantitative estimate of drug-likeness (QED) is 0.751. The highest BCUT2D eigenvalue weighted by atomic mass is 79.9. The molecule has 0 aliphatic heterocycles. The Labute approximate surface area is 114 Å². The number of nitrogens with two attached hydrogens (primary N) is 2. The van der Waals surface area contributed by atoms with Crippen LogP contribution in [0.5, 0.6) is 0 Å². The van der Waals surface area contributed by atoms with Gasteiger partial charge in [0.2, 0.25) is 11.8 Å². The molecular formula is C12H16BrN3O2. The van der Waals surface area contributed by atoms with Crippen molar-refractivity contribution < 1.29 is 9.59 Å². The minimum atomic E-state index is -0.905. The Kier molecular flexibility index (Phi) is 5.30. The molecule has 1 aromatic carbocycles. The summed E-state index contributed by atoms with van der Waals surface area (Å²) in [6, 6.07) is 6.49. The van der Waals surface area contributed by atoms with Crippen molar-refractivity contribution in [3.63, 3.8) is 0 Å². The second-order valence-electron chi connectivity index (χ2n) is 4.06. The summed E-state index contributed by atoms with van der Waals surface area (Å²) in [4.78, 5) is 22.4. The number of carbonyl (C=O) groups excluding carboxylic acids is 2. The fourth-order valence-corrected chi connectivity index (χ4v) is 1.91. The van der Waals surface area contributed by atoms with Crippen LogP contribution in [0.25, 0.3) is 0 Å². The molecule has 1 rings (SSSR count). The normalized spacial score (nSPS) is 13.7. The summed E-state index contributed by atoms with van der Waals surface area (Å²) < 4.78 is 0.933. The summed E-state index contributed by atoms with van der Waals surface area (Å²) in [6.45, 7) is 1.84. The van der Waals surface area contributed by atoms with Crippen LogP contribution < -0.4 is 16.8 Å². The molecule has 2 amide bonds. The van der Waals surface area contributed by atoms with Crippen LogP contribution in [0.15, 0.2) is 28.7 Å². The molecule has 0 heterocycles. The minimum absolute atomic E-state index is 0.156. The number of hydrogen-bond donors (Lipinski definition) is 3. The molecule has 98 valence electrons. The Morgan fingerprint density at radius 3 is 2.67 bits per heavy atom. The second kappa shape index (κ2) is 6.51. The molecule has 0 fully saturated rings. The lowest BCUT2D eigenvalue weighted by atomic mass is 10.1. The third kappa shape index (κ3) is 4.46. The Balaban J connectivity index is 2.62. The maximum Gasteiger partial charge on any atom is 0.237 e. The van der Waals surface area contributed by atoms with Crippen LogP contribution in [0.3, 0.4) is 0 Å². The van der Waals surface area contributed by atoms with Gasteiger partial charge in [0.15, 0.2) is 0 Å². The first kappa shape index (κ1) is 14.7. The number of rotatable bonds is 5. The van der Waals surface area contributed by atoms with E-state index in [4.69, 9.17) is 11.5 Å². The van der Waals surface area contributed by atoms with E-state index in [1.54, 1.807) is 0 Å². The molecule has 0 radical (unpaired) electrons. The van der Waals surface area contributed by atoms with Crippen LogP contribution in [-0.2, 0) is 9.59 Å². The first-order valence-electron chi connectivity index (χ1n) is 5.50. The maximum atomic E-state index is 11.7.